The van der Waals surface area contributed by atoms with Crippen molar-refractivity contribution >= 4 is 34.4 Å². The van der Waals surface area contributed by atoms with Crippen LogP contribution in [0.25, 0.3) is 11.3 Å². The standard InChI is InChI=1S/C16H11FN6O3S/c17-11-3-1-2-4-12(11)19-20-14-13(21-22(15(14)24)16(18)27)9-5-7-10(8-6-9)23(25)26/h1-8,24H,(H2,18,27)/b20-19+. The van der Waals surface area contributed by atoms with E-state index in [0.29, 0.717) is 5.56 Å². The summed E-state index contributed by atoms with van der Waals surface area (Å²) >= 11 is 4.82. The zero-order valence-corrected chi connectivity index (χ0v) is 14.3. The Labute approximate surface area is 156 Å². The Morgan fingerprint density at radius 2 is 1.89 bits per heavy atom. The lowest BCUT2D eigenvalue weighted by molar-refractivity contribution is -0.384. The minimum Gasteiger partial charge on any atom is -0.492 e. The summed E-state index contributed by atoms with van der Waals surface area (Å²) in [6.07, 6.45) is 0. The van der Waals surface area contributed by atoms with E-state index in [2.05, 4.69) is 15.3 Å². The number of nitro benzene ring substituents is 1. The van der Waals surface area contributed by atoms with Crippen molar-refractivity contribution in [1.82, 2.24) is 9.78 Å². The molecule has 0 unspecified atom stereocenters. The Bertz CT molecular complexity index is 1060. The van der Waals surface area contributed by atoms with Crippen LogP contribution >= 0.6 is 12.2 Å². The number of hydrogen-bond donors (Lipinski definition) is 2. The van der Waals surface area contributed by atoms with Crippen LogP contribution in [-0.2, 0) is 0 Å². The molecule has 3 aromatic rings. The molecule has 3 N–H and O–H groups in total. The zero-order valence-electron chi connectivity index (χ0n) is 13.5. The average Bonchev–Trinajstić information content (AvgIpc) is 2.98. The molecule has 1 aromatic heterocycles. The normalized spacial score (nSPS) is 11.0. The van der Waals surface area contributed by atoms with Gasteiger partial charge in [-0.05, 0) is 36.5 Å². The highest BCUT2D eigenvalue weighted by atomic mass is 32.1. The molecule has 0 bridgehead atoms. The van der Waals surface area contributed by atoms with Crippen LogP contribution in [0, 0.1) is 15.9 Å². The van der Waals surface area contributed by atoms with Crippen molar-refractivity contribution in [3.8, 4) is 17.1 Å². The number of halogens is 1. The second kappa shape index (κ2) is 7.25. The minimum atomic E-state index is -0.598. The third kappa shape index (κ3) is 3.62. The van der Waals surface area contributed by atoms with E-state index in [0.717, 1.165) is 4.68 Å². The van der Waals surface area contributed by atoms with Crippen LogP contribution < -0.4 is 5.73 Å². The van der Waals surface area contributed by atoms with Crippen molar-refractivity contribution in [2.75, 3.05) is 0 Å². The van der Waals surface area contributed by atoms with Crippen LogP contribution in [0.5, 0.6) is 5.88 Å². The topological polar surface area (TPSA) is 132 Å². The maximum absolute atomic E-state index is 13.7. The fourth-order valence-electron chi connectivity index (χ4n) is 2.22. The Morgan fingerprint density at radius 1 is 1.22 bits per heavy atom. The molecule has 0 radical (unpaired) electrons. The first-order chi connectivity index (χ1) is 12.9. The van der Waals surface area contributed by atoms with Crippen molar-refractivity contribution in [3.63, 3.8) is 0 Å². The highest BCUT2D eigenvalue weighted by molar-refractivity contribution is 7.80. The van der Waals surface area contributed by atoms with E-state index in [1.807, 2.05) is 0 Å². The van der Waals surface area contributed by atoms with Gasteiger partial charge in [0.2, 0.25) is 5.88 Å². The quantitative estimate of drug-likeness (QED) is 0.303. The summed E-state index contributed by atoms with van der Waals surface area (Å²) < 4.78 is 14.6. The second-order valence-electron chi connectivity index (χ2n) is 5.23. The molecular formula is C16H11FN6O3S. The van der Waals surface area contributed by atoms with Gasteiger partial charge >= 0.3 is 0 Å². The van der Waals surface area contributed by atoms with Crippen molar-refractivity contribution < 1.29 is 14.4 Å². The number of benzene rings is 2. The lowest BCUT2D eigenvalue weighted by atomic mass is 10.1. The SMILES string of the molecule is NC(=S)n1nc(-c2ccc([N+](=O)[O-])cc2)c(/N=N/c2ccccc2F)c1O. The number of hydrogen-bond acceptors (Lipinski definition) is 7. The van der Waals surface area contributed by atoms with Crippen LogP contribution in [-0.4, -0.2) is 24.9 Å². The molecule has 0 amide bonds. The van der Waals surface area contributed by atoms with Gasteiger partial charge in [0.15, 0.2) is 16.6 Å². The smallest absolute Gasteiger partial charge is 0.269 e. The molecule has 11 heteroatoms. The molecule has 27 heavy (non-hydrogen) atoms. The molecule has 2 aromatic carbocycles. The number of aromatic nitrogens is 2. The highest BCUT2D eigenvalue weighted by Crippen LogP contribution is 2.38. The summed E-state index contributed by atoms with van der Waals surface area (Å²) in [5.74, 6) is -1.09. The lowest BCUT2D eigenvalue weighted by Crippen LogP contribution is -2.19. The van der Waals surface area contributed by atoms with Crippen LogP contribution in [0.2, 0.25) is 0 Å². The van der Waals surface area contributed by atoms with E-state index >= 15 is 0 Å². The molecule has 0 aliphatic carbocycles. The van der Waals surface area contributed by atoms with Crippen molar-refractivity contribution in [3.05, 3.63) is 64.5 Å². The van der Waals surface area contributed by atoms with Gasteiger partial charge < -0.3 is 10.8 Å². The molecule has 0 spiro atoms. The maximum atomic E-state index is 13.7. The molecule has 1 heterocycles. The van der Waals surface area contributed by atoms with Gasteiger partial charge in [-0.15, -0.1) is 10.2 Å². The summed E-state index contributed by atoms with van der Waals surface area (Å²) in [5, 5.41) is 32.6. The van der Waals surface area contributed by atoms with E-state index in [-0.39, 0.29) is 27.9 Å². The zero-order chi connectivity index (χ0) is 19.6. The number of nitrogens with two attached hydrogens (primary N) is 1. The van der Waals surface area contributed by atoms with Gasteiger partial charge in [-0.3, -0.25) is 10.1 Å². The lowest BCUT2D eigenvalue weighted by Gasteiger charge is -1.98. The summed E-state index contributed by atoms with van der Waals surface area (Å²) in [6, 6.07) is 11.1. The molecular weight excluding hydrogens is 375 g/mol. The van der Waals surface area contributed by atoms with Gasteiger partial charge in [-0.1, -0.05) is 12.1 Å². The Kier molecular flexibility index (Phi) is 4.86. The number of thiocarbonyl (C=S) groups is 1. The average molecular weight is 386 g/mol. The minimum absolute atomic E-state index is 0.0466. The van der Waals surface area contributed by atoms with E-state index in [9.17, 15) is 19.6 Å². The van der Waals surface area contributed by atoms with Crippen LogP contribution in [0.1, 0.15) is 0 Å². The van der Waals surface area contributed by atoms with Crippen molar-refractivity contribution in [1.29, 1.82) is 0 Å². The van der Waals surface area contributed by atoms with Gasteiger partial charge in [0.25, 0.3) is 5.69 Å². The van der Waals surface area contributed by atoms with Crippen LogP contribution in [0.15, 0.2) is 58.8 Å². The first-order valence-corrected chi connectivity index (χ1v) is 7.82. The third-order valence-electron chi connectivity index (χ3n) is 3.51. The number of azo groups is 1. The molecule has 0 atom stereocenters. The molecule has 3 rings (SSSR count). The molecule has 0 saturated heterocycles. The first-order valence-electron chi connectivity index (χ1n) is 7.41. The van der Waals surface area contributed by atoms with E-state index < -0.39 is 16.6 Å². The fourth-order valence-corrected chi connectivity index (χ4v) is 2.35. The Hall–Kier alpha value is -3.73. The van der Waals surface area contributed by atoms with Gasteiger partial charge in [-0.2, -0.15) is 9.78 Å². The predicted octanol–water partition coefficient (Wildman–Crippen LogP) is 3.81. The number of aromatic hydroxyl groups is 1. The molecule has 136 valence electrons. The van der Waals surface area contributed by atoms with E-state index in [1.165, 1.54) is 42.5 Å². The molecule has 9 nitrogen and oxygen atoms in total. The predicted molar refractivity (Wildman–Crippen MR) is 98.7 cm³/mol. The molecule has 0 saturated carbocycles. The van der Waals surface area contributed by atoms with E-state index in [4.69, 9.17) is 18.0 Å². The van der Waals surface area contributed by atoms with Gasteiger partial charge in [0.05, 0.1) is 4.92 Å². The Morgan fingerprint density at radius 3 is 2.48 bits per heavy atom. The number of nitrogens with zero attached hydrogens (tertiary/aromatic N) is 5. The van der Waals surface area contributed by atoms with Crippen molar-refractivity contribution in [2.45, 2.75) is 0 Å². The largest absolute Gasteiger partial charge is 0.492 e. The second-order valence-corrected chi connectivity index (χ2v) is 5.64. The summed E-state index contributed by atoms with van der Waals surface area (Å²) in [7, 11) is 0. The molecule has 0 aliphatic rings. The van der Waals surface area contributed by atoms with Gasteiger partial charge in [0, 0.05) is 17.7 Å². The highest BCUT2D eigenvalue weighted by Gasteiger charge is 2.21. The summed E-state index contributed by atoms with van der Waals surface area (Å²) in [4.78, 5) is 10.2. The third-order valence-corrected chi connectivity index (χ3v) is 3.68. The van der Waals surface area contributed by atoms with Crippen LogP contribution in [0.3, 0.4) is 0 Å². The fraction of sp³-hybridized carbons (Fsp3) is 0. The van der Waals surface area contributed by atoms with Crippen LogP contribution in [0.4, 0.5) is 21.5 Å². The van der Waals surface area contributed by atoms with Gasteiger partial charge in [0.1, 0.15) is 11.4 Å². The Balaban J connectivity index is 2.11. The summed E-state index contributed by atoms with van der Waals surface area (Å²) in [5.41, 5.74) is 5.76. The summed E-state index contributed by atoms with van der Waals surface area (Å²) in [6.45, 7) is 0. The monoisotopic (exact) mass is 386 g/mol. The van der Waals surface area contributed by atoms with Gasteiger partial charge in [-0.25, -0.2) is 4.39 Å². The maximum Gasteiger partial charge on any atom is 0.269 e. The first kappa shape index (κ1) is 18.1. The van der Waals surface area contributed by atoms with E-state index in [1.54, 1.807) is 6.07 Å². The number of rotatable bonds is 4. The van der Waals surface area contributed by atoms with Crippen molar-refractivity contribution in [2.24, 2.45) is 16.0 Å². The molecule has 0 fully saturated rings. The molecule has 0 aliphatic heterocycles. The number of non-ortho nitro benzene ring substituents is 1. The number of nitro groups is 1.